The van der Waals surface area contributed by atoms with Crippen molar-refractivity contribution >= 4 is 6.03 Å². The fourth-order valence-corrected chi connectivity index (χ4v) is 1.97. The lowest BCUT2D eigenvalue weighted by Crippen LogP contribution is -2.36. The van der Waals surface area contributed by atoms with Crippen LogP contribution in [-0.4, -0.2) is 12.6 Å². The molecule has 18 heavy (non-hydrogen) atoms. The summed E-state index contributed by atoms with van der Waals surface area (Å²) in [5.74, 6) is -0.227. The Kier molecular flexibility index (Phi) is 3.06. The van der Waals surface area contributed by atoms with Gasteiger partial charge in [0.25, 0.3) is 0 Å². The number of hydrogen-bond acceptors (Lipinski definition) is 2. The van der Waals surface area contributed by atoms with E-state index in [1.54, 1.807) is 0 Å². The van der Waals surface area contributed by atoms with E-state index in [1.165, 1.54) is 12.1 Å². The largest absolute Gasteiger partial charge is 0.492 e. The number of fused-ring (bicyclic) bond motifs is 1. The van der Waals surface area contributed by atoms with Gasteiger partial charge in [-0.15, -0.1) is 0 Å². The van der Waals surface area contributed by atoms with Gasteiger partial charge < -0.3 is 15.8 Å². The minimum Gasteiger partial charge on any atom is -0.492 e. The Morgan fingerprint density at radius 2 is 2.17 bits per heavy atom. The molecular weight excluding hydrogens is 249 g/mol. The van der Waals surface area contributed by atoms with E-state index in [0.717, 1.165) is 6.07 Å². The van der Waals surface area contributed by atoms with Crippen LogP contribution >= 0.6 is 0 Å². The lowest BCUT2D eigenvalue weighted by Gasteiger charge is -2.28. The highest BCUT2D eigenvalue weighted by Crippen LogP contribution is 2.42. The number of urea groups is 1. The molecule has 1 aromatic carbocycles. The Hall–Kier alpha value is -1.92. The van der Waals surface area contributed by atoms with E-state index in [4.69, 9.17) is 10.5 Å². The van der Waals surface area contributed by atoms with Crippen molar-refractivity contribution in [2.75, 3.05) is 6.61 Å². The maximum Gasteiger partial charge on any atom is 0.419 e. The van der Waals surface area contributed by atoms with E-state index in [-0.39, 0.29) is 12.4 Å². The molecule has 1 heterocycles. The van der Waals surface area contributed by atoms with Crippen LogP contribution in [0.3, 0.4) is 0 Å². The smallest absolute Gasteiger partial charge is 0.419 e. The van der Waals surface area contributed by atoms with Gasteiger partial charge in [0.05, 0.1) is 18.2 Å². The standard InChI is InChI=1S/C11H11F3N2O2/c12-11(13,14)7-3-1-2-6-8(16-10(15)17)4-5-18-9(6)7/h1-3,8H,4-5H2,(H3,15,16,17)/t8-/m1/s1. The van der Waals surface area contributed by atoms with Crippen LogP contribution in [0.2, 0.25) is 0 Å². The number of carbonyl (C=O) groups excluding carboxylic acids is 1. The number of benzene rings is 1. The maximum absolute atomic E-state index is 12.8. The molecular formula is C11H11F3N2O2. The highest BCUT2D eigenvalue weighted by Gasteiger charge is 2.37. The molecule has 0 saturated heterocycles. The topological polar surface area (TPSA) is 64.4 Å². The third kappa shape index (κ3) is 2.34. The van der Waals surface area contributed by atoms with Crippen LogP contribution < -0.4 is 15.8 Å². The minimum atomic E-state index is -4.49. The van der Waals surface area contributed by atoms with E-state index in [9.17, 15) is 18.0 Å². The molecule has 2 amide bonds. The number of alkyl halides is 3. The molecule has 0 bridgehead atoms. The van der Waals surface area contributed by atoms with Crippen LogP contribution in [0.4, 0.5) is 18.0 Å². The van der Waals surface area contributed by atoms with Gasteiger partial charge in [-0.25, -0.2) is 4.79 Å². The summed E-state index contributed by atoms with van der Waals surface area (Å²) in [6.45, 7) is 0.102. The van der Waals surface area contributed by atoms with Crippen molar-refractivity contribution in [3.05, 3.63) is 29.3 Å². The summed E-state index contributed by atoms with van der Waals surface area (Å²) in [6.07, 6.45) is -4.10. The van der Waals surface area contributed by atoms with Gasteiger partial charge in [0, 0.05) is 12.0 Å². The van der Waals surface area contributed by atoms with Crippen molar-refractivity contribution in [3.63, 3.8) is 0 Å². The van der Waals surface area contributed by atoms with E-state index in [2.05, 4.69) is 5.32 Å². The van der Waals surface area contributed by atoms with Crippen molar-refractivity contribution in [1.29, 1.82) is 0 Å². The Bertz CT molecular complexity index is 474. The number of nitrogens with two attached hydrogens (primary N) is 1. The van der Waals surface area contributed by atoms with Gasteiger partial charge in [0.2, 0.25) is 0 Å². The summed E-state index contributed by atoms with van der Waals surface area (Å²) < 4.78 is 43.4. The predicted molar refractivity (Wildman–Crippen MR) is 57.0 cm³/mol. The first-order valence-corrected chi connectivity index (χ1v) is 5.28. The third-order valence-corrected chi connectivity index (χ3v) is 2.70. The van der Waals surface area contributed by atoms with Crippen LogP contribution in [0.25, 0.3) is 0 Å². The molecule has 98 valence electrons. The summed E-state index contributed by atoms with van der Waals surface area (Å²) in [5, 5.41) is 2.41. The normalized spacial score (nSPS) is 18.7. The van der Waals surface area contributed by atoms with E-state index >= 15 is 0 Å². The quantitative estimate of drug-likeness (QED) is 0.813. The number of amides is 2. The van der Waals surface area contributed by atoms with Crippen molar-refractivity contribution in [3.8, 4) is 5.75 Å². The van der Waals surface area contributed by atoms with Gasteiger partial charge in [0.1, 0.15) is 5.75 Å². The van der Waals surface area contributed by atoms with Gasteiger partial charge in [-0.2, -0.15) is 13.2 Å². The number of halogens is 3. The van der Waals surface area contributed by atoms with Crippen molar-refractivity contribution in [2.45, 2.75) is 18.6 Å². The number of nitrogens with one attached hydrogen (secondary N) is 1. The molecule has 0 saturated carbocycles. The van der Waals surface area contributed by atoms with E-state index < -0.39 is 23.8 Å². The lowest BCUT2D eigenvalue weighted by molar-refractivity contribution is -0.139. The van der Waals surface area contributed by atoms with Crippen LogP contribution in [0, 0.1) is 0 Å². The second kappa shape index (κ2) is 4.40. The van der Waals surface area contributed by atoms with Crippen molar-refractivity contribution in [2.24, 2.45) is 5.73 Å². The number of hydrogen-bond donors (Lipinski definition) is 2. The Balaban J connectivity index is 2.44. The molecule has 0 unspecified atom stereocenters. The van der Waals surface area contributed by atoms with E-state index in [1.807, 2.05) is 0 Å². The molecule has 1 aliphatic rings. The van der Waals surface area contributed by atoms with Gasteiger partial charge >= 0.3 is 12.2 Å². The average Bonchev–Trinajstić information content (AvgIpc) is 2.26. The fraction of sp³-hybridized carbons (Fsp3) is 0.364. The molecule has 0 radical (unpaired) electrons. The average molecular weight is 260 g/mol. The molecule has 1 aromatic rings. The molecule has 0 aromatic heterocycles. The molecule has 1 atom stereocenters. The lowest BCUT2D eigenvalue weighted by atomic mass is 9.97. The zero-order valence-corrected chi connectivity index (χ0v) is 9.25. The van der Waals surface area contributed by atoms with Gasteiger partial charge in [0.15, 0.2) is 0 Å². The van der Waals surface area contributed by atoms with E-state index in [0.29, 0.717) is 12.0 Å². The summed E-state index contributed by atoms with van der Waals surface area (Å²) in [7, 11) is 0. The Morgan fingerprint density at radius 1 is 1.44 bits per heavy atom. The maximum atomic E-state index is 12.8. The SMILES string of the molecule is NC(=O)N[C@@H]1CCOc2c1cccc2C(F)(F)F. The third-order valence-electron chi connectivity index (χ3n) is 2.70. The summed E-state index contributed by atoms with van der Waals surface area (Å²) in [6, 6.07) is 2.40. The van der Waals surface area contributed by atoms with Gasteiger partial charge in [-0.1, -0.05) is 12.1 Å². The molecule has 3 N–H and O–H groups in total. The zero-order valence-electron chi connectivity index (χ0n) is 9.25. The number of carbonyl (C=O) groups is 1. The van der Waals surface area contributed by atoms with Crippen molar-refractivity contribution in [1.82, 2.24) is 5.32 Å². The molecule has 0 fully saturated rings. The zero-order chi connectivity index (χ0) is 13.3. The highest BCUT2D eigenvalue weighted by molar-refractivity contribution is 5.72. The van der Waals surface area contributed by atoms with Crippen LogP contribution in [0.1, 0.15) is 23.6 Å². The minimum absolute atomic E-state index is 0.102. The van der Waals surface area contributed by atoms with Crippen LogP contribution in [-0.2, 0) is 6.18 Å². The number of ether oxygens (including phenoxy) is 1. The van der Waals surface area contributed by atoms with Crippen molar-refractivity contribution < 1.29 is 22.7 Å². The molecule has 0 aliphatic carbocycles. The first-order valence-electron chi connectivity index (χ1n) is 5.28. The van der Waals surface area contributed by atoms with Crippen LogP contribution in [0.15, 0.2) is 18.2 Å². The summed E-state index contributed by atoms with van der Waals surface area (Å²) in [4.78, 5) is 10.8. The summed E-state index contributed by atoms with van der Waals surface area (Å²) in [5.41, 5.74) is 4.45. The number of para-hydroxylation sites is 1. The second-order valence-electron chi connectivity index (χ2n) is 3.92. The molecule has 2 rings (SSSR count). The Labute approximate surface area is 101 Å². The number of rotatable bonds is 1. The first kappa shape index (κ1) is 12.5. The highest BCUT2D eigenvalue weighted by atomic mass is 19.4. The second-order valence-corrected chi connectivity index (χ2v) is 3.92. The number of primary amides is 1. The summed E-state index contributed by atoms with van der Waals surface area (Å²) >= 11 is 0. The fourth-order valence-electron chi connectivity index (χ4n) is 1.97. The molecule has 7 heteroatoms. The Morgan fingerprint density at radius 3 is 2.78 bits per heavy atom. The molecule has 1 aliphatic heterocycles. The molecule has 0 spiro atoms. The van der Waals surface area contributed by atoms with Gasteiger partial charge in [-0.05, 0) is 6.07 Å². The molecule has 4 nitrogen and oxygen atoms in total. The monoisotopic (exact) mass is 260 g/mol. The predicted octanol–water partition coefficient (Wildman–Crippen LogP) is 2.20. The first-order chi connectivity index (χ1) is 8.39. The van der Waals surface area contributed by atoms with Gasteiger partial charge in [-0.3, -0.25) is 0 Å². The van der Waals surface area contributed by atoms with Crippen LogP contribution in [0.5, 0.6) is 5.75 Å².